The van der Waals surface area contributed by atoms with Crippen LogP contribution in [0.4, 0.5) is 5.82 Å². The van der Waals surface area contributed by atoms with Gasteiger partial charge in [0.05, 0.1) is 5.92 Å². The van der Waals surface area contributed by atoms with Crippen LogP contribution < -0.4 is 5.73 Å². The highest BCUT2D eigenvalue weighted by Gasteiger charge is 2.36. The molecule has 0 spiro atoms. The van der Waals surface area contributed by atoms with Gasteiger partial charge in [0, 0.05) is 25.0 Å². The Kier molecular flexibility index (Phi) is 3.64. The molecule has 1 heterocycles. The number of amides is 1. The largest absolute Gasteiger partial charge is 0.481 e. The van der Waals surface area contributed by atoms with E-state index in [-0.39, 0.29) is 30.0 Å². The number of carbonyl (C=O) groups excluding carboxylic acids is 1. The zero-order valence-corrected chi connectivity index (χ0v) is 10.6. The van der Waals surface area contributed by atoms with Crippen molar-refractivity contribution in [2.24, 2.45) is 5.92 Å². The van der Waals surface area contributed by atoms with Crippen LogP contribution in [-0.4, -0.2) is 44.4 Å². The third-order valence-electron chi connectivity index (χ3n) is 3.07. The summed E-state index contributed by atoms with van der Waals surface area (Å²) in [5.74, 6) is -1.82. The van der Waals surface area contributed by atoms with Gasteiger partial charge in [-0.1, -0.05) is 6.92 Å². The summed E-state index contributed by atoms with van der Waals surface area (Å²) in [6.07, 6.45) is 4.58. The lowest BCUT2D eigenvalue weighted by atomic mass is 10.1. The summed E-state index contributed by atoms with van der Waals surface area (Å²) in [6, 6.07) is 0.0932. The molecule has 0 saturated heterocycles. The maximum atomic E-state index is 12.4. The number of carboxylic acid groups (broad SMARTS) is 1. The van der Waals surface area contributed by atoms with Gasteiger partial charge in [0.1, 0.15) is 0 Å². The van der Waals surface area contributed by atoms with Crippen LogP contribution in [0.25, 0.3) is 0 Å². The highest BCUT2D eigenvalue weighted by atomic mass is 16.4. The first-order valence-corrected chi connectivity index (χ1v) is 6.11. The number of hydrogen-bond donors (Lipinski definition) is 2. The average Bonchev–Trinajstić information content (AvgIpc) is 3.19. The summed E-state index contributed by atoms with van der Waals surface area (Å²) < 4.78 is 0. The highest BCUT2D eigenvalue weighted by Crippen LogP contribution is 2.29. The summed E-state index contributed by atoms with van der Waals surface area (Å²) in [4.78, 5) is 32.6. The van der Waals surface area contributed by atoms with E-state index in [0.717, 1.165) is 12.8 Å². The number of carbonyl (C=O) groups is 2. The molecule has 102 valence electrons. The number of aliphatic carboxylic acids is 1. The lowest BCUT2D eigenvalue weighted by molar-refractivity contribution is -0.141. The Morgan fingerprint density at radius 1 is 1.47 bits per heavy atom. The van der Waals surface area contributed by atoms with E-state index in [1.807, 2.05) is 0 Å². The molecule has 1 atom stereocenters. The minimum atomic E-state index is -0.925. The monoisotopic (exact) mass is 264 g/mol. The zero-order chi connectivity index (χ0) is 14.0. The number of rotatable bonds is 5. The number of nitrogen functional groups attached to an aromatic ring is 1. The maximum absolute atomic E-state index is 12.4. The molecule has 1 saturated carbocycles. The van der Waals surface area contributed by atoms with Crippen molar-refractivity contribution in [3.05, 3.63) is 18.1 Å². The predicted molar refractivity (Wildman–Crippen MR) is 67.3 cm³/mol. The summed E-state index contributed by atoms with van der Waals surface area (Å²) in [5, 5.41) is 8.95. The van der Waals surface area contributed by atoms with Gasteiger partial charge in [0.25, 0.3) is 5.91 Å². The molecule has 2 rings (SSSR count). The molecule has 1 aliphatic carbocycles. The van der Waals surface area contributed by atoms with Crippen molar-refractivity contribution in [2.75, 3.05) is 12.3 Å². The van der Waals surface area contributed by atoms with Crippen LogP contribution in [0, 0.1) is 5.92 Å². The van der Waals surface area contributed by atoms with E-state index in [0.29, 0.717) is 0 Å². The van der Waals surface area contributed by atoms with Crippen molar-refractivity contribution >= 4 is 17.7 Å². The van der Waals surface area contributed by atoms with Gasteiger partial charge in [-0.15, -0.1) is 0 Å². The van der Waals surface area contributed by atoms with Crippen molar-refractivity contribution in [3.8, 4) is 0 Å². The number of carboxylic acids is 1. The van der Waals surface area contributed by atoms with Crippen molar-refractivity contribution in [1.29, 1.82) is 0 Å². The Bertz CT molecular complexity index is 502. The normalized spacial score (nSPS) is 15.8. The van der Waals surface area contributed by atoms with Crippen LogP contribution in [0.2, 0.25) is 0 Å². The summed E-state index contributed by atoms with van der Waals surface area (Å²) >= 11 is 0. The number of nitrogens with zero attached hydrogens (tertiary/aromatic N) is 3. The fourth-order valence-corrected chi connectivity index (χ4v) is 1.81. The fraction of sp³-hybridized carbons (Fsp3) is 0.500. The van der Waals surface area contributed by atoms with E-state index in [4.69, 9.17) is 10.8 Å². The first-order chi connectivity index (χ1) is 9.00. The smallest absolute Gasteiger partial charge is 0.308 e. The average molecular weight is 264 g/mol. The van der Waals surface area contributed by atoms with E-state index in [9.17, 15) is 9.59 Å². The van der Waals surface area contributed by atoms with Crippen molar-refractivity contribution in [1.82, 2.24) is 14.9 Å². The van der Waals surface area contributed by atoms with E-state index >= 15 is 0 Å². The Morgan fingerprint density at radius 3 is 2.63 bits per heavy atom. The van der Waals surface area contributed by atoms with Crippen molar-refractivity contribution in [3.63, 3.8) is 0 Å². The molecule has 7 heteroatoms. The number of aromatic nitrogens is 2. The molecule has 1 aromatic rings. The Hall–Kier alpha value is -2.18. The van der Waals surface area contributed by atoms with Crippen LogP contribution in [0.5, 0.6) is 0 Å². The van der Waals surface area contributed by atoms with Crippen LogP contribution >= 0.6 is 0 Å². The Balaban J connectivity index is 2.18. The third kappa shape index (κ3) is 2.98. The van der Waals surface area contributed by atoms with E-state index < -0.39 is 11.9 Å². The molecule has 0 radical (unpaired) electrons. The van der Waals surface area contributed by atoms with Crippen LogP contribution in [-0.2, 0) is 4.79 Å². The van der Waals surface area contributed by atoms with Crippen LogP contribution in [0.15, 0.2) is 12.4 Å². The summed E-state index contributed by atoms with van der Waals surface area (Å²) in [7, 11) is 0. The summed E-state index contributed by atoms with van der Waals surface area (Å²) in [5.41, 5.74) is 5.72. The molecule has 1 amide bonds. The molecule has 1 aromatic heterocycles. The molecule has 3 N–H and O–H groups in total. The highest BCUT2D eigenvalue weighted by molar-refractivity contribution is 5.96. The molecule has 0 bridgehead atoms. The maximum Gasteiger partial charge on any atom is 0.308 e. The van der Waals surface area contributed by atoms with E-state index in [2.05, 4.69) is 9.97 Å². The topological polar surface area (TPSA) is 109 Å². The summed E-state index contributed by atoms with van der Waals surface area (Å²) in [6.45, 7) is 1.74. The zero-order valence-electron chi connectivity index (χ0n) is 10.6. The molecular weight excluding hydrogens is 248 g/mol. The van der Waals surface area contributed by atoms with Crippen LogP contribution in [0.1, 0.15) is 30.3 Å². The number of hydrogen-bond acceptors (Lipinski definition) is 5. The molecular formula is C12H16N4O3. The predicted octanol–water partition coefficient (Wildman–Crippen LogP) is 0.384. The first-order valence-electron chi connectivity index (χ1n) is 6.11. The molecule has 0 aliphatic heterocycles. The van der Waals surface area contributed by atoms with Gasteiger partial charge in [-0.25, -0.2) is 9.97 Å². The van der Waals surface area contributed by atoms with E-state index in [1.54, 1.807) is 11.8 Å². The van der Waals surface area contributed by atoms with Gasteiger partial charge in [0.2, 0.25) is 0 Å². The SMILES string of the molecule is C[C@H](CN(C(=O)c1nccnc1N)C1CC1)C(=O)O. The lowest BCUT2D eigenvalue weighted by Crippen LogP contribution is -2.39. The second kappa shape index (κ2) is 5.21. The van der Waals surface area contributed by atoms with Crippen LogP contribution in [0.3, 0.4) is 0 Å². The Labute approximate surface area is 110 Å². The van der Waals surface area contributed by atoms with Gasteiger partial charge in [-0.2, -0.15) is 0 Å². The lowest BCUT2D eigenvalue weighted by Gasteiger charge is -2.24. The molecule has 0 unspecified atom stereocenters. The first kappa shape index (κ1) is 13.3. The molecule has 7 nitrogen and oxygen atoms in total. The minimum absolute atomic E-state index is 0.0705. The van der Waals surface area contributed by atoms with Crippen molar-refractivity contribution < 1.29 is 14.7 Å². The van der Waals surface area contributed by atoms with Gasteiger partial charge in [-0.05, 0) is 12.8 Å². The molecule has 1 fully saturated rings. The van der Waals surface area contributed by atoms with Gasteiger partial charge < -0.3 is 15.7 Å². The standard InChI is InChI=1S/C12H16N4O3/c1-7(12(18)19)6-16(8-2-3-8)11(17)9-10(13)15-5-4-14-9/h4-5,7-8H,2-3,6H2,1H3,(H2,13,15)(H,18,19)/t7-/m1/s1. The second-order valence-electron chi connectivity index (χ2n) is 4.72. The molecule has 0 aromatic carbocycles. The minimum Gasteiger partial charge on any atom is -0.481 e. The van der Waals surface area contributed by atoms with Gasteiger partial charge in [0.15, 0.2) is 11.5 Å². The Morgan fingerprint density at radius 2 is 2.11 bits per heavy atom. The van der Waals surface area contributed by atoms with Crippen molar-refractivity contribution in [2.45, 2.75) is 25.8 Å². The second-order valence-corrected chi connectivity index (χ2v) is 4.72. The molecule has 1 aliphatic rings. The van der Waals surface area contributed by atoms with Gasteiger partial charge in [-0.3, -0.25) is 9.59 Å². The van der Waals surface area contributed by atoms with Gasteiger partial charge >= 0.3 is 5.97 Å². The van der Waals surface area contributed by atoms with E-state index in [1.165, 1.54) is 12.4 Å². The third-order valence-corrected chi connectivity index (χ3v) is 3.07. The molecule has 19 heavy (non-hydrogen) atoms. The number of nitrogens with two attached hydrogens (primary N) is 1. The number of anilines is 1. The fourth-order valence-electron chi connectivity index (χ4n) is 1.81. The quantitative estimate of drug-likeness (QED) is 0.795.